The molecule has 4 aromatic rings. The van der Waals surface area contributed by atoms with Crippen LogP contribution in [0.15, 0.2) is 28.5 Å². The summed E-state index contributed by atoms with van der Waals surface area (Å²) in [6, 6.07) is 0.249. The Kier molecular flexibility index (Phi) is 3.89. The van der Waals surface area contributed by atoms with Gasteiger partial charge in [-0.1, -0.05) is 0 Å². The summed E-state index contributed by atoms with van der Waals surface area (Å²) in [5.74, 6) is 0.143. The minimum absolute atomic E-state index is 0.243. The van der Waals surface area contributed by atoms with Gasteiger partial charge in [0.05, 0.1) is 30.8 Å². The first-order valence-electron chi connectivity index (χ1n) is 9.08. The van der Waals surface area contributed by atoms with E-state index in [2.05, 4.69) is 40.3 Å². The Bertz CT molecular complexity index is 1370. The molecular formula is C17H18N10O2. The Morgan fingerprint density at radius 1 is 1.38 bits per heavy atom. The Balaban J connectivity index is 1.60. The number of hydrogen-bond acceptors (Lipinski definition) is 8. The average molecular weight is 394 g/mol. The summed E-state index contributed by atoms with van der Waals surface area (Å²) < 4.78 is 3.42. The molecule has 29 heavy (non-hydrogen) atoms. The molecule has 1 saturated carbocycles. The Hall–Kier alpha value is -3.96. The normalized spacial score (nSPS) is 15.5. The van der Waals surface area contributed by atoms with Crippen molar-refractivity contribution in [2.45, 2.75) is 25.4 Å². The second-order valence-corrected chi connectivity index (χ2v) is 6.91. The first-order valence-corrected chi connectivity index (χ1v) is 9.08. The van der Waals surface area contributed by atoms with Crippen LogP contribution in [0.2, 0.25) is 0 Å². The number of aromatic nitrogens is 8. The van der Waals surface area contributed by atoms with E-state index in [9.17, 15) is 9.90 Å². The lowest BCUT2D eigenvalue weighted by atomic mass is 10.3. The molecule has 148 valence electrons. The van der Waals surface area contributed by atoms with Gasteiger partial charge in [-0.2, -0.15) is 19.6 Å². The van der Waals surface area contributed by atoms with Crippen molar-refractivity contribution >= 4 is 17.7 Å². The number of nitrogens with one attached hydrogen (secondary N) is 3. The van der Waals surface area contributed by atoms with E-state index in [4.69, 9.17) is 0 Å². The molecule has 1 fully saturated rings. The maximum atomic E-state index is 11.4. The van der Waals surface area contributed by atoms with E-state index in [0.717, 1.165) is 18.5 Å². The molecule has 0 saturated heterocycles. The van der Waals surface area contributed by atoms with Gasteiger partial charge in [0.2, 0.25) is 11.8 Å². The van der Waals surface area contributed by atoms with Gasteiger partial charge in [-0.3, -0.25) is 4.98 Å². The SMILES string of the molecule is Cn1cnc(CNc2nc(=NC3CC3)n3nc/c(=C\c4[nH]c(=O)[nH]c4O)c3n2)c1. The summed E-state index contributed by atoms with van der Waals surface area (Å²) in [7, 11) is 1.90. The number of anilines is 1. The van der Waals surface area contributed by atoms with Crippen LogP contribution < -0.4 is 21.8 Å². The third kappa shape index (κ3) is 3.47. The summed E-state index contributed by atoms with van der Waals surface area (Å²) in [5, 5.41) is 17.9. The second-order valence-electron chi connectivity index (χ2n) is 6.91. The number of imidazole rings is 2. The van der Waals surface area contributed by atoms with Gasteiger partial charge in [0.1, 0.15) is 5.69 Å². The van der Waals surface area contributed by atoms with E-state index in [1.807, 2.05) is 17.8 Å². The van der Waals surface area contributed by atoms with Crippen molar-refractivity contribution in [2.75, 3.05) is 5.32 Å². The summed E-state index contributed by atoms with van der Waals surface area (Å²) in [4.78, 5) is 34.1. The number of aryl methyl sites for hydroxylation is 1. The predicted molar refractivity (Wildman–Crippen MR) is 102 cm³/mol. The fourth-order valence-electron chi connectivity index (χ4n) is 2.89. The Morgan fingerprint density at radius 2 is 2.24 bits per heavy atom. The van der Waals surface area contributed by atoms with Crippen LogP contribution in [-0.2, 0) is 13.6 Å². The van der Waals surface area contributed by atoms with Crippen molar-refractivity contribution in [2.24, 2.45) is 12.0 Å². The van der Waals surface area contributed by atoms with Crippen molar-refractivity contribution < 1.29 is 5.11 Å². The molecule has 0 atom stereocenters. The lowest BCUT2D eigenvalue weighted by Crippen LogP contribution is -2.24. The van der Waals surface area contributed by atoms with Crippen LogP contribution >= 0.6 is 0 Å². The van der Waals surface area contributed by atoms with Gasteiger partial charge in [0.15, 0.2) is 5.65 Å². The van der Waals surface area contributed by atoms with Crippen molar-refractivity contribution in [1.29, 1.82) is 0 Å². The summed E-state index contributed by atoms with van der Waals surface area (Å²) in [5.41, 5.74) is 1.55. The molecule has 0 spiro atoms. The lowest BCUT2D eigenvalue weighted by Gasteiger charge is -2.03. The summed E-state index contributed by atoms with van der Waals surface area (Å²) >= 11 is 0. The van der Waals surface area contributed by atoms with Crippen molar-refractivity contribution in [3.8, 4) is 5.88 Å². The molecule has 1 aliphatic carbocycles. The zero-order valence-corrected chi connectivity index (χ0v) is 15.5. The van der Waals surface area contributed by atoms with E-state index >= 15 is 0 Å². The molecule has 0 bridgehead atoms. The number of hydrogen-bond donors (Lipinski definition) is 4. The third-order valence-corrected chi connectivity index (χ3v) is 4.44. The number of aromatic hydroxyl groups is 1. The van der Waals surface area contributed by atoms with Gasteiger partial charge in [-0.25, -0.2) is 14.8 Å². The molecule has 12 nitrogen and oxygen atoms in total. The van der Waals surface area contributed by atoms with Crippen LogP contribution in [0.5, 0.6) is 5.88 Å². The number of rotatable bonds is 5. The fraction of sp³-hybridized carbons (Fsp3) is 0.294. The van der Waals surface area contributed by atoms with E-state index in [1.54, 1.807) is 23.1 Å². The summed E-state index contributed by atoms with van der Waals surface area (Å²) in [6.45, 7) is 0.457. The van der Waals surface area contributed by atoms with Crippen molar-refractivity contribution in [3.05, 3.63) is 51.4 Å². The van der Waals surface area contributed by atoms with E-state index in [0.29, 0.717) is 29.0 Å². The Labute approximate surface area is 162 Å². The molecule has 4 N–H and O–H groups in total. The second kappa shape index (κ2) is 6.58. The zero-order valence-electron chi connectivity index (χ0n) is 15.5. The highest BCUT2D eigenvalue weighted by atomic mass is 16.3. The van der Waals surface area contributed by atoms with Crippen molar-refractivity contribution in [1.82, 2.24) is 39.1 Å². The first kappa shape index (κ1) is 17.2. The van der Waals surface area contributed by atoms with Crippen LogP contribution in [0.25, 0.3) is 11.7 Å². The summed E-state index contributed by atoms with van der Waals surface area (Å²) in [6.07, 6.45) is 8.87. The number of H-pyrrole nitrogens is 2. The van der Waals surface area contributed by atoms with Gasteiger partial charge in [-0.05, 0) is 18.9 Å². The van der Waals surface area contributed by atoms with Crippen molar-refractivity contribution in [3.63, 3.8) is 0 Å². The molecule has 4 heterocycles. The molecule has 0 radical (unpaired) electrons. The molecule has 5 rings (SSSR count). The van der Waals surface area contributed by atoms with Crippen LogP contribution in [-0.4, -0.2) is 50.2 Å². The largest absolute Gasteiger partial charge is 0.493 e. The molecule has 0 aromatic carbocycles. The smallest absolute Gasteiger partial charge is 0.326 e. The fourth-order valence-corrected chi connectivity index (χ4v) is 2.89. The topological polar surface area (TPSA) is 154 Å². The standard InChI is InChI=1S/C17H18N10O2/c1-26-7-11(19-8-26)6-18-15-23-13-9(4-12-14(28)24-17(29)22-12)5-20-27(13)16(25-15)21-10-2-3-10/h4-5,7-8,10,28H,2-3,6H2,1H3,(H,18,21,25)(H2,22,24,29)/b9-4+. The number of nitrogens with zero attached hydrogens (tertiary/aromatic N) is 7. The molecule has 1 aliphatic rings. The first-order chi connectivity index (χ1) is 14.0. The molecule has 4 aromatic heterocycles. The van der Waals surface area contributed by atoms with E-state index in [-0.39, 0.29) is 17.6 Å². The average Bonchev–Trinajstić information content (AvgIpc) is 3.10. The minimum Gasteiger partial charge on any atom is -0.493 e. The monoisotopic (exact) mass is 394 g/mol. The van der Waals surface area contributed by atoms with Crippen LogP contribution in [0, 0.1) is 0 Å². The Morgan fingerprint density at radius 3 is 2.93 bits per heavy atom. The molecule has 0 aliphatic heterocycles. The van der Waals surface area contributed by atoms with Crippen LogP contribution in [0.3, 0.4) is 0 Å². The molecule has 12 heteroatoms. The highest BCUT2D eigenvalue weighted by Crippen LogP contribution is 2.22. The van der Waals surface area contributed by atoms with E-state index in [1.165, 1.54) is 0 Å². The number of aromatic amines is 2. The third-order valence-electron chi connectivity index (χ3n) is 4.44. The van der Waals surface area contributed by atoms with Crippen LogP contribution in [0.1, 0.15) is 24.2 Å². The number of fused-ring (bicyclic) bond motifs is 1. The minimum atomic E-state index is -0.498. The zero-order chi connectivity index (χ0) is 20.0. The molecular weight excluding hydrogens is 376 g/mol. The van der Waals surface area contributed by atoms with Gasteiger partial charge in [0, 0.05) is 18.5 Å². The lowest BCUT2D eigenvalue weighted by molar-refractivity contribution is 0.454. The highest BCUT2D eigenvalue weighted by Gasteiger charge is 2.21. The molecule has 0 unspecified atom stereocenters. The van der Waals surface area contributed by atoms with Gasteiger partial charge >= 0.3 is 5.69 Å². The van der Waals surface area contributed by atoms with Crippen LogP contribution in [0.4, 0.5) is 5.95 Å². The maximum absolute atomic E-state index is 11.4. The van der Waals surface area contributed by atoms with Gasteiger partial charge in [0.25, 0.3) is 5.62 Å². The van der Waals surface area contributed by atoms with E-state index < -0.39 is 5.69 Å². The quantitative estimate of drug-likeness (QED) is 0.331. The predicted octanol–water partition coefficient (Wildman–Crippen LogP) is -1.20. The maximum Gasteiger partial charge on any atom is 0.326 e. The van der Waals surface area contributed by atoms with Gasteiger partial charge in [-0.15, -0.1) is 0 Å². The van der Waals surface area contributed by atoms with Gasteiger partial charge < -0.3 is 20.0 Å². The molecule has 0 amide bonds. The highest BCUT2D eigenvalue weighted by molar-refractivity contribution is 5.57.